The molecule has 2 aromatic carbocycles. The molecular weight excluding hydrogens is 392 g/mol. The first kappa shape index (κ1) is 26.3. The van der Waals surface area contributed by atoms with Crippen molar-refractivity contribution in [3.8, 4) is 5.75 Å². The van der Waals surface area contributed by atoms with E-state index in [0.717, 1.165) is 45.9 Å². The van der Waals surface area contributed by atoms with E-state index in [4.69, 9.17) is 15.3 Å². The maximum atomic E-state index is 9.73. The second kappa shape index (κ2) is 11.6. The number of aliphatic hydroxyl groups excluding tert-OH is 1. The third-order valence-electron chi connectivity index (χ3n) is 5.36. The zero-order chi connectivity index (χ0) is 23.8. The van der Waals surface area contributed by atoms with Crippen molar-refractivity contribution < 1.29 is 19.4 Å². The maximum absolute atomic E-state index is 9.73. The molecule has 6 heteroatoms. The third-order valence-corrected chi connectivity index (χ3v) is 5.36. The first-order chi connectivity index (χ1) is 14.6. The lowest BCUT2D eigenvalue weighted by Crippen LogP contribution is -2.22. The van der Waals surface area contributed by atoms with Gasteiger partial charge in [0.25, 0.3) is 6.47 Å². The molecule has 0 aromatic heterocycles. The summed E-state index contributed by atoms with van der Waals surface area (Å²) in [6.45, 7) is 14.0. The predicted molar refractivity (Wildman–Crippen MR) is 128 cm³/mol. The molecule has 0 spiro atoms. The minimum absolute atomic E-state index is 0.0378. The van der Waals surface area contributed by atoms with E-state index in [-0.39, 0.29) is 17.9 Å². The number of carbonyl (C=O) groups excluding carboxylic acids is 1. The number of benzene rings is 2. The van der Waals surface area contributed by atoms with Gasteiger partial charge >= 0.3 is 0 Å². The number of rotatable bonds is 7. The SMILES string of the molecule is CCNc1c(OC)cc(C(c2ccc(C)c(CO)c2)C(C)(C)C)c(C)c1N.COC=O. The lowest BCUT2D eigenvalue weighted by atomic mass is 9.71. The molecule has 172 valence electrons. The molecule has 1 atom stereocenters. The van der Waals surface area contributed by atoms with Crippen LogP contribution in [0.3, 0.4) is 0 Å². The quantitative estimate of drug-likeness (QED) is 0.432. The number of hydrogen-bond donors (Lipinski definition) is 3. The Morgan fingerprint density at radius 2 is 1.81 bits per heavy atom. The van der Waals surface area contributed by atoms with Crippen LogP contribution in [0.2, 0.25) is 0 Å². The van der Waals surface area contributed by atoms with Gasteiger partial charge in [0.1, 0.15) is 11.4 Å². The minimum Gasteiger partial charge on any atom is -0.494 e. The van der Waals surface area contributed by atoms with Crippen molar-refractivity contribution in [1.29, 1.82) is 0 Å². The summed E-state index contributed by atoms with van der Waals surface area (Å²) in [7, 11) is 2.99. The highest BCUT2D eigenvalue weighted by atomic mass is 16.5. The molecule has 0 saturated heterocycles. The van der Waals surface area contributed by atoms with Gasteiger partial charge in [0.05, 0.1) is 26.5 Å². The molecule has 0 bridgehead atoms. The number of hydrogen-bond acceptors (Lipinski definition) is 6. The molecule has 2 rings (SSSR count). The van der Waals surface area contributed by atoms with Crippen molar-refractivity contribution in [3.05, 3.63) is 52.1 Å². The molecule has 6 nitrogen and oxygen atoms in total. The summed E-state index contributed by atoms with van der Waals surface area (Å²) in [6, 6.07) is 8.47. The Kier molecular flexibility index (Phi) is 9.85. The van der Waals surface area contributed by atoms with Crippen LogP contribution in [0.1, 0.15) is 61.4 Å². The van der Waals surface area contributed by atoms with Gasteiger partial charge in [0.2, 0.25) is 0 Å². The summed E-state index contributed by atoms with van der Waals surface area (Å²) in [5, 5.41) is 13.0. The van der Waals surface area contributed by atoms with Crippen molar-refractivity contribution >= 4 is 17.8 Å². The molecule has 0 aliphatic rings. The Morgan fingerprint density at radius 1 is 1.19 bits per heavy atom. The van der Waals surface area contributed by atoms with Gasteiger partial charge < -0.3 is 25.6 Å². The van der Waals surface area contributed by atoms with Crippen LogP contribution in [-0.4, -0.2) is 32.3 Å². The third kappa shape index (κ3) is 6.37. The average molecular weight is 431 g/mol. The van der Waals surface area contributed by atoms with Gasteiger partial charge in [-0.2, -0.15) is 0 Å². The number of aryl methyl sites for hydroxylation is 1. The van der Waals surface area contributed by atoms with E-state index in [1.54, 1.807) is 7.11 Å². The molecular formula is C25H38N2O4. The van der Waals surface area contributed by atoms with E-state index in [2.05, 4.69) is 62.0 Å². The molecule has 0 fully saturated rings. The monoisotopic (exact) mass is 430 g/mol. The molecule has 1 unspecified atom stereocenters. The number of ether oxygens (including phenoxy) is 2. The number of anilines is 2. The topological polar surface area (TPSA) is 93.8 Å². The summed E-state index contributed by atoms with van der Waals surface area (Å²) in [4.78, 5) is 8.95. The second-order valence-corrected chi connectivity index (χ2v) is 8.59. The van der Waals surface area contributed by atoms with Gasteiger partial charge in [0.15, 0.2) is 0 Å². The lowest BCUT2D eigenvalue weighted by Gasteiger charge is -2.34. The molecule has 0 saturated carbocycles. The van der Waals surface area contributed by atoms with Gasteiger partial charge in [-0.05, 0) is 60.1 Å². The van der Waals surface area contributed by atoms with Gasteiger partial charge in [0, 0.05) is 12.5 Å². The first-order valence-electron chi connectivity index (χ1n) is 10.4. The van der Waals surface area contributed by atoms with Crippen molar-refractivity contribution in [1.82, 2.24) is 0 Å². The molecule has 0 aliphatic carbocycles. The Bertz CT molecular complexity index is 873. The Labute approximate surface area is 186 Å². The highest BCUT2D eigenvalue weighted by Crippen LogP contribution is 2.47. The van der Waals surface area contributed by atoms with Crippen molar-refractivity contribution in [2.24, 2.45) is 5.41 Å². The molecule has 2 aromatic rings. The van der Waals surface area contributed by atoms with Crippen LogP contribution in [0.4, 0.5) is 11.4 Å². The van der Waals surface area contributed by atoms with Crippen molar-refractivity contribution in [3.63, 3.8) is 0 Å². The summed E-state index contributed by atoms with van der Waals surface area (Å²) in [5.74, 6) is 0.883. The fraction of sp³-hybridized carbons (Fsp3) is 0.480. The number of nitrogens with two attached hydrogens (primary N) is 1. The average Bonchev–Trinajstić information content (AvgIpc) is 2.73. The zero-order valence-corrected chi connectivity index (χ0v) is 20.1. The van der Waals surface area contributed by atoms with Crippen LogP contribution in [0, 0.1) is 19.3 Å². The predicted octanol–water partition coefficient (Wildman–Crippen LogP) is 4.79. The van der Waals surface area contributed by atoms with E-state index < -0.39 is 0 Å². The van der Waals surface area contributed by atoms with Crippen LogP contribution < -0.4 is 15.8 Å². The second-order valence-electron chi connectivity index (χ2n) is 8.59. The standard InChI is InChI=1S/C23H34N2O2.C2H4O2/c1-8-25-22-19(27-7)12-18(15(3)21(22)24)20(23(4,5)6)16-10-9-14(2)17(11-16)13-26;1-4-2-3/h9-12,20,25-26H,8,13,24H2,1-7H3;2H,1H3. The normalized spacial score (nSPS) is 11.8. The van der Waals surface area contributed by atoms with Gasteiger partial charge in [-0.1, -0.05) is 39.0 Å². The highest BCUT2D eigenvalue weighted by Gasteiger charge is 2.31. The van der Waals surface area contributed by atoms with Crippen molar-refractivity contribution in [2.45, 2.75) is 54.1 Å². The Balaban J connectivity index is 0.00000110. The summed E-state index contributed by atoms with van der Waals surface area (Å²) < 4.78 is 9.52. The number of nitrogens with one attached hydrogen (secondary N) is 1. The molecule has 31 heavy (non-hydrogen) atoms. The van der Waals surface area contributed by atoms with Crippen LogP contribution in [-0.2, 0) is 16.1 Å². The number of aliphatic hydroxyl groups is 1. The van der Waals surface area contributed by atoms with E-state index in [9.17, 15) is 5.11 Å². The van der Waals surface area contributed by atoms with E-state index in [0.29, 0.717) is 6.47 Å². The van der Waals surface area contributed by atoms with E-state index >= 15 is 0 Å². The fourth-order valence-electron chi connectivity index (χ4n) is 3.80. The Morgan fingerprint density at radius 3 is 2.26 bits per heavy atom. The first-order valence-corrected chi connectivity index (χ1v) is 10.4. The minimum atomic E-state index is -0.0378. The number of nitrogen functional groups attached to an aromatic ring is 1. The highest BCUT2D eigenvalue weighted by molar-refractivity contribution is 5.78. The fourth-order valence-corrected chi connectivity index (χ4v) is 3.80. The molecule has 0 radical (unpaired) electrons. The van der Waals surface area contributed by atoms with Crippen molar-refractivity contribution in [2.75, 3.05) is 31.8 Å². The van der Waals surface area contributed by atoms with E-state index in [1.165, 1.54) is 12.7 Å². The smallest absolute Gasteiger partial charge is 0.292 e. The number of carbonyl (C=O) groups is 1. The van der Waals surface area contributed by atoms with Gasteiger partial charge in [-0.3, -0.25) is 4.79 Å². The van der Waals surface area contributed by atoms with Crippen LogP contribution in [0.15, 0.2) is 24.3 Å². The van der Waals surface area contributed by atoms with Crippen LogP contribution >= 0.6 is 0 Å². The molecule has 4 N–H and O–H groups in total. The summed E-state index contributed by atoms with van der Waals surface area (Å²) in [5.41, 5.74) is 13.5. The maximum Gasteiger partial charge on any atom is 0.292 e. The van der Waals surface area contributed by atoms with E-state index in [1.807, 2.05) is 13.8 Å². The lowest BCUT2D eigenvalue weighted by molar-refractivity contribution is -0.126. The van der Waals surface area contributed by atoms with Crippen LogP contribution in [0.5, 0.6) is 5.75 Å². The van der Waals surface area contributed by atoms with Gasteiger partial charge in [-0.15, -0.1) is 0 Å². The summed E-state index contributed by atoms with van der Waals surface area (Å²) in [6.07, 6.45) is 0. The molecule has 0 aliphatic heterocycles. The number of methoxy groups -OCH3 is 2. The largest absolute Gasteiger partial charge is 0.494 e. The summed E-state index contributed by atoms with van der Waals surface area (Å²) >= 11 is 0. The zero-order valence-electron chi connectivity index (χ0n) is 20.1. The molecule has 0 amide bonds. The molecule has 0 heterocycles. The van der Waals surface area contributed by atoms with Crippen LogP contribution in [0.25, 0.3) is 0 Å². The Hall–Kier alpha value is -2.73. The van der Waals surface area contributed by atoms with Gasteiger partial charge in [-0.25, -0.2) is 0 Å².